The summed E-state index contributed by atoms with van der Waals surface area (Å²) in [7, 11) is 0. The Labute approximate surface area is 162 Å². The number of hydrogen-bond acceptors (Lipinski definition) is 7. The highest BCUT2D eigenvalue weighted by Crippen LogP contribution is 2.22. The van der Waals surface area contributed by atoms with Crippen LogP contribution in [0.1, 0.15) is 28.2 Å². The van der Waals surface area contributed by atoms with Crippen molar-refractivity contribution in [2.24, 2.45) is 5.92 Å². The van der Waals surface area contributed by atoms with Gasteiger partial charge in [-0.1, -0.05) is 6.07 Å². The highest BCUT2D eigenvalue weighted by molar-refractivity contribution is 7.15. The quantitative estimate of drug-likeness (QED) is 0.625. The van der Waals surface area contributed by atoms with Crippen LogP contribution in [0.4, 0.5) is 0 Å². The number of piperidine rings is 1. The highest BCUT2D eigenvalue weighted by Gasteiger charge is 2.30. The molecule has 0 saturated carbocycles. The van der Waals surface area contributed by atoms with Crippen LogP contribution >= 0.6 is 22.7 Å². The van der Waals surface area contributed by atoms with Crippen LogP contribution in [0.25, 0.3) is 4.96 Å². The zero-order valence-electron chi connectivity index (χ0n) is 14.4. The number of rotatable bonds is 4. The minimum absolute atomic E-state index is 0.0414. The van der Waals surface area contributed by atoms with E-state index < -0.39 is 0 Å². The van der Waals surface area contributed by atoms with Gasteiger partial charge in [0.2, 0.25) is 0 Å². The number of carbonyl (C=O) groups excluding carboxylic acids is 2. The second-order valence-electron chi connectivity index (χ2n) is 6.32. The molecule has 0 radical (unpaired) electrons. The van der Waals surface area contributed by atoms with Crippen molar-refractivity contribution in [2.75, 3.05) is 13.1 Å². The van der Waals surface area contributed by atoms with Crippen molar-refractivity contribution in [1.82, 2.24) is 14.3 Å². The number of ether oxygens (including phenoxy) is 1. The van der Waals surface area contributed by atoms with E-state index in [1.165, 1.54) is 33.1 Å². The molecule has 1 aliphatic heterocycles. The summed E-state index contributed by atoms with van der Waals surface area (Å²) >= 11 is 2.75. The summed E-state index contributed by atoms with van der Waals surface area (Å²) in [6, 6.07) is 5.01. The van der Waals surface area contributed by atoms with Gasteiger partial charge in [-0.3, -0.25) is 18.8 Å². The highest BCUT2D eigenvalue weighted by atomic mass is 32.1. The minimum atomic E-state index is -0.355. The lowest BCUT2D eigenvalue weighted by atomic mass is 9.98. The Morgan fingerprint density at radius 2 is 2.19 bits per heavy atom. The van der Waals surface area contributed by atoms with E-state index in [1.54, 1.807) is 22.5 Å². The van der Waals surface area contributed by atoms with E-state index in [0.29, 0.717) is 35.0 Å². The maximum absolute atomic E-state index is 12.5. The maximum atomic E-state index is 12.5. The predicted molar refractivity (Wildman–Crippen MR) is 102 cm³/mol. The molecule has 4 heterocycles. The molecule has 7 nitrogen and oxygen atoms in total. The number of nitrogens with zero attached hydrogens (tertiary/aromatic N) is 3. The molecule has 0 aromatic carbocycles. The molecule has 4 rings (SSSR count). The first kappa shape index (κ1) is 17.9. The number of aromatic nitrogens is 2. The molecule has 3 aromatic heterocycles. The summed E-state index contributed by atoms with van der Waals surface area (Å²) in [5, 5.41) is 3.64. The van der Waals surface area contributed by atoms with Crippen molar-refractivity contribution in [3.63, 3.8) is 0 Å². The SMILES string of the molecule is O=C(OCc1cc(=O)n2ccsc2n1)C1CCCN(C(=O)c2cccs2)C1. The number of carbonyl (C=O) groups is 2. The second-order valence-corrected chi connectivity index (χ2v) is 8.14. The average Bonchev–Trinajstić information content (AvgIpc) is 3.37. The van der Waals surface area contributed by atoms with Crippen LogP contribution in [0.15, 0.2) is 40.0 Å². The van der Waals surface area contributed by atoms with Gasteiger partial charge in [-0.05, 0) is 24.3 Å². The van der Waals surface area contributed by atoms with Crippen LogP contribution in [0.3, 0.4) is 0 Å². The molecule has 1 unspecified atom stereocenters. The largest absolute Gasteiger partial charge is 0.459 e. The number of hydrogen-bond donors (Lipinski definition) is 0. The molecule has 140 valence electrons. The molecule has 1 fully saturated rings. The van der Waals surface area contributed by atoms with Gasteiger partial charge in [-0.25, -0.2) is 4.98 Å². The Morgan fingerprint density at radius 3 is 3.00 bits per heavy atom. The van der Waals surface area contributed by atoms with Gasteiger partial charge in [0.25, 0.3) is 11.5 Å². The zero-order valence-corrected chi connectivity index (χ0v) is 16.0. The maximum Gasteiger partial charge on any atom is 0.311 e. The number of fused-ring (bicyclic) bond motifs is 1. The Hall–Kier alpha value is -2.52. The number of thiophene rings is 1. The lowest BCUT2D eigenvalue weighted by Crippen LogP contribution is -2.42. The van der Waals surface area contributed by atoms with Crippen molar-refractivity contribution >= 4 is 39.5 Å². The van der Waals surface area contributed by atoms with Crippen LogP contribution in [-0.4, -0.2) is 39.3 Å². The molecule has 0 N–H and O–H groups in total. The third kappa shape index (κ3) is 3.79. The first-order valence-electron chi connectivity index (χ1n) is 8.57. The van der Waals surface area contributed by atoms with E-state index in [9.17, 15) is 14.4 Å². The second kappa shape index (κ2) is 7.61. The lowest BCUT2D eigenvalue weighted by Gasteiger charge is -2.31. The van der Waals surface area contributed by atoms with Gasteiger partial charge in [0.15, 0.2) is 4.96 Å². The lowest BCUT2D eigenvalue weighted by molar-refractivity contribution is -0.151. The number of likely N-dealkylation sites (tertiary alicyclic amines) is 1. The Bertz CT molecular complexity index is 1020. The number of amides is 1. The summed E-state index contributed by atoms with van der Waals surface area (Å²) in [6.07, 6.45) is 3.11. The molecule has 3 aromatic rings. The first-order valence-corrected chi connectivity index (χ1v) is 10.3. The third-order valence-electron chi connectivity index (χ3n) is 4.49. The zero-order chi connectivity index (χ0) is 18.8. The average molecular weight is 403 g/mol. The Kier molecular flexibility index (Phi) is 5.04. The Balaban J connectivity index is 1.38. The van der Waals surface area contributed by atoms with Crippen LogP contribution in [0, 0.1) is 5.92 Å². The van der Waals surface area contributed by atoms with Gasteiger partial charge in [0.05, 0.1) is 16.5 Å². The fourth-order valence-corrected chi connectivity index (χ4v) is 4.56. The van der Waals surface area contributed by atoms with E-state index in [0.717, 1.165) is 6.42 Å². The molecule has 1 amide bonds. The summed E-state index contributed by atoms with van der Waals surface area (Å²) in [5.41, 5.74) is 0.232. The minimum Gasteiger partial charge on any atom is -0.459 e. The molecule has 0 bridgehead atoms. The molecule has 0 aliphatic carbocycles. The van der Waals surface area contributed by atoms with Crippen molar-refractivity contribution < 1.29 is 14.3 Å². The third-order valence-corrected chi connectivity index (χ3v) is 6.11. The standard InChI is InChI=1S/C18H17N3O4S2/c22-15-9-13(19-18-21(15)6-8-27-18)11-25-17(24)12-3-1-5-20(10-12)16(23)14-4-2-7-26-14/h2,4,6-9,12H,1,3,5,10-11H2. The van der Waals surface area contributed by atoms with Gasteiger partial charge >= 0.3 is 5.97 Å². The van der Waals surface area contributed by atoms with E-state index in [1.807, 2.05) is 11.4 Å². The summed E-state index contributed by atoms with van der Waals surface area (Å²) < 4.78 is 6.84. The van der Waals surface area contributed by atoms with Gasteiger partial charge in [0, 0.05) is 30.7 Å². The summed E-state index contributed by atoms with van der Waals surface area (Å²) in [5.74, 6) is -0.749. The van der Waals surface area contributed by atoms with Crippen molar-refractivity contribution in [1.29, 1.82) is 0 Å². The van der Waals surface area contributed by atoms with E-state index in [-0.39, 0.29) is 30.0 Å². The molecule has 1 aliphatic rings. The van der Waals surface area contributed by atoms with Gasteiger partial charge < -0.3 is 9.64 Å². The summed E-state index contributed by atoms with van der Waals surface area (Å²) in [4.78, 5) is 44.2. The molecule has 9 heteroatoms. The fraction of sp³-hybridized carbons (Fsp3) is 0.333. The molecule has 0 spiro atoms. The molecular weight excluding hydrogens is 386 g/mol. The normalized spacial score (nSPS) is 17.2. The summed E-state index contributed by atoms with van der Waals surface area (Å²) in [6.45, 7) is 0.960. The fourth-order valence-electron chi connectivity index (χ4n) is 3.13. The van der Waals surface area contributed by atoms with Crippen LogP contribution < -0.4 is 5.56 Å². The van der Waals surface area contributed by atoms with Gasteiger partial charge in [0.1, 0.15) is 6.61 Å². The predicted octanol–water partition coefficient (Wildman–Crippen LogP) is 2.41. The number of esters is 1. The molecule has 1 saturated heterocycles. The van der Waals surface area contributed by atoms with Crippen LogP contribution in [0.5, 0.6) is 0 Å². The van der Waals surface area contributed by atoms with E-state index >= 15 is 0 Å². The Morgan fingerprint density at radius 1 is 1.30 bits per heavy atom. The van der Waals surface area contributed by atoms with E-state index in [4.69, 9.17) is 4.74 Å². The van der Waals surface area contributed by atoms with Crippen LogP contribution in [0.2, 0.25) is 0 Å². The monoisotopic (exact) mass is 403 g/mol. The molecular formula is C18H17N3O4S2. The topological polar surface area (TPSA) is 81.0 Å². The van der Waals surface area contributed by atoms with E-state index in [2.05, 4.69) is 4.98 Å². The van der Waals surface area contributed by atoms with Gasteiger partial charge in [-0.2, -0.15) is 0 Å². The van der Waals surface area contributed by atoms with Crippen molar-refractivity contribution in [3.05, 3.63) is 56.1 Å². The number of thiazole rings is 1. The van der Waals surface area contributed by atoms with Gasteiger partial charge in [-0.15, -0.1) is 22.7 Å². The van der Waals surface area contributed by atoms with Crippen molar-refractivity contribution in [3.8, 4) is 0 Å². The molecule has 1 atom stereocenters. The van der Waals surface area contributed by atoms with Crippen molar-refractivity contribution in [2.45, 2.75) is 19.4 Å². The smallest absolute Gasteiger partial charge is 0.311 e. The first-order chi connectivity index (χ1) is 13.1. The molecule has 27 heavy (non-hydrogen) atoms. The van der Waals surface area contributed by atoms with Crippen LogP contribution in [-0.2, 0) is 16.1 Å².